The number of thiophene rings is 1. The van der Waals surface area contributed by atoms with E-state index in [2.05, 4.69) is 57.4 Å². The van der Waals surface area contributed by atoms with E-state index in [1.165, 1.54) is 16.1 Å². The number of anilines is 2. The first-order chi connectivity index (χ1) is 11.2. The third kappa shape index (κ3) is 2.86. The van der Waals surface area contributed by atoms with E-state index in [0.717, 1.165) is 43.4 Å². The number of fused-ring (bicyclic) bond motifs is 2. The van der Waals surface area contributed by atoms with Gasteiger partial charge in [0.15, 0.2) is 0 Å². The van der Waals surface area contributed by atoms with Crippen LogP contribution in [0.3, 0.4) is 0 Å². The van der Waals surface area contributed by atoms with Crippen LogP contribution in [0.4, 0.5) is 17.1 Å². The van der Waals surface area contributed by atoms with Crippen LogP contribution in [-0.4, -0.2) is 55.1 Å². The van der Waals surface area contributed by atoms with Crippen molar-refractivity contribution in [3.63, 3.8) is 0 Å². The first-order valence-electron chi connectivity index (χ1n) is 7.78. The Morgan fingerprint density at radius 2 is 1.96 bits per heavy atom. The van der Waals surface area contributed by atoms with Gasteiger partial charge in [0.1, 0.15) is 5.84 Å². The number of piperazine rings is 1. The minimum Gasteiger partial charge on any atom is -0.353 e. The van der Waals surface area contributed by atoms with Crippen LogP contribution in [0.25, 0.3) is 0 Å². The number of hydrogen-bond donors (Lipinski definition) is 1. The van der Waals surface area contributed by atoms with Crippen molar-refractivity contribution in [2.24, 2.45) is 4.99 Å². The molecule has 0 unspecified atom stereocenters. The van der Waals surface area contributed by atoms with Crippen LogP contribution in [0, 0.1) is 0 Å². The highest BCUT2D eigenvalue weighted by Gasteiger charge is 2.24. The van der Waals surface area contributed by atoms with E-state index < -0.39 is 0 Å². The highest BCUT2D eigenvalue weighted by atomic mass is 32.2. The van der Waals surface area contributed by atoms with Crippen LogP contribution in [0.5, 0.6) is 0 Å². The van der Waals surface area contributed by atoms with Crippen molar-refractivity contribution in [2.45, 2.75) is 4.90 Å². The predicted octanol–water partition coefficient (Wildman–Crippen LogP) is 3.85. The molecule has 1 aromatic heterocycles. The van der Waals surface area contributed by atoms with Gasteiger partial charge in [-0.15, -0.1) is 23.1 Å². The molecule has 2 aliphatic heterocycles. The van der Waals surface area contributed by atoms with Crippen molar-refractivity contribution in [2.75, 3.05) is 44.8 Å². The summed E-state index contributed by atoms with van der Waals surface area (Å²) < 4.78 is 0. The molecule has 1 saturated heterocycles. The van der Waals surface area contributed by atoms with E-state index in [-0.39, 0.29) is 0 Å². The van der Waals surface area contributed by atoms with Gasteiger partial charge >= 0.3 is 0 Å². The highest BCUT2D eigenvalue weighted by molar-refractivity contribution is 7.98. The smallest absolute Gasteiger partial charge is 0.139 e. The number of thioether (sulfide) groups is 1. The Kier molecular flexibility index (Phi) is 4.05. The van der Waals surface area contributed by atoms with Crippen LogP contribution >= 0.6 is 23.1 Å². The maximum Gasteiger partial charge on any atom is 0.139 e. The lowest BCUT2D eigenvalue weighted by molar-refractivity contribution is 0.216. The summed E-state index contributed by atoms with van der Waals surface area (Å²) >= 11 is 3.49. The highest BCUT2D eigenvalue weighted by Crippen LogP contribution is 2.38. The van der Waals surface area contributed by atoms with Crippen molar-refractivity contribution in [1.29, 1.82) is 0 Å². The summed E-state index contributed by atoms with van der Waals surface area (Å²) in [6.07, 6.45) is 2.10. The number of nitrogens with zero attached hydrogens (tertiary/aromatic N) is 3. The van der Waals surface area contributed by atoms with Gasteiger partial charge in [0.25, 0.3) is 0 Å². The molecule has 0 aliphatic carbocycles. The van der Waals surface area contributed by atoms with Crippen molar-refractivity contribution >= 4 is 46.0 Å². The zero-order valence-corrected chi connectivity index (χ0v) is 15.0. The van der Waals surface area contributed by atoms with Gasteiger partial charge in [0, 0.05) is 41.8 Å². The summed E-state index contributed by atoms with van der Waals surface area (Å²) in [6, 6.07) is 6.46. The molecule has 4 nitrogen and oxygen atoms in total. The molecule has 4 rings (SSSR count). The molecule has 0 spiro atoms. The molecule has 2 aliphatic rings. The molecule has 1 aromatic carbocycles. The average molecular weight is 345 g/mol. The normalized spacial score (nSPS) is 17.8. The Morgan fingerprint density at radius 1 is 1.13 bits per heavy atom. The van der Waals surface area contributed by atoms with Gasteiger partial charge < -0.3 is 15.1 Å². The molecule has 0 atom stereocenters. The Balaban J connectivity index is 1.78. The van der Waals surface area contributed by atoms with E-state index >= 15 is 0 Å². The maximum absolute atomic E-state index is 5.04. The first-order valence-corrected chi connectivity index (χ1v) is 9.95. The van der Waals surface area contributed by atoms with Crippen molar-refractivity contribution < 1.29 is 0 Å². The molecule has 23 heavy (non-hydrogen) atoms. The number of likely N-dealkylation sites (N-methyl/N-ethyl adjacent to an activating group) is 1. The Bertz CT molecular complexity index is 745. The molecular formula is C17H20N4S2. The Morgan fingerprint density at radius 3 is 2.74 bits per heavy atom. The maximum atomic E-state index is 5.04. The number of nitrogens with one attached hydrogen (secondary N) is 1. The quantitative estimate of drug-likeness (QED) is 0.796. The fraction of sp³-hybridized carbons (Fsp3) is 0.353. The number of hydrogen-bond acceptors (Lipinski definition) is 6. The molecular weight excluding hydrogens is 324 g/mol. The summed E-state index contributed by atoms with van der Waals surface area (Å²) in [5, 5.41) is 7.97. The fourth-order valence-electron chi connectivity index (χ4n) is 2.99. The van der Waals surface area contributed by atoms with E-state index in [4.69, 9.17) is 4.99 Å². The third-order valence-electron chi connectivity index (χ3n) is 4.41. The van der Waals surface area contributed by atoms with Gasteiger partial charge in [0.05, 0.1) is 22.6 Å². The predicted molar refractivity (Wildman–Crippen MR) is 101 cm³/mol. The Hall–Kier alpha value is -1.50. The molecule has 6 heteroatoms. The molecule has 0 bridgehead atoms. The molecule has 0 amide bonds. The second-order valence-corrected chi connectivity index (χ2v) is 7.56. The topological polar surface area (TPSA) is 30.9 Å². The standard InChI is InChI=1S/C17H20N4S2/c1-20-5-7-21(8-6-20)17-13-10-23-11-16(13)18-15-9-12(22-2)3-4-14(15)19-17/h3-4,9-11,18H,5-8H2,1-2H3. The minimum atomic E-state index is 1.03. The monoisotopic (exact) mass is 344 g/mol. The third-order valence-corrected chi connectivity index (χ3v) is 5.87. The average Bonchev–Trinajstić information content (AvgIpc) is 2.96. The molecule has 3 heterocycles. The fourth-order valence-corrected chi connectivity index (χ4v) is 4.18. The van der Waals surface area contributed by atoms with Gasteiger partial charge in [-0.05, 0) is 31.5 Å². The summed E-state index contributed by atoms with van der Waals surface area (Å²) in [6.45, 7) is 4.24. The van der Waals surface area contributed by atoms with Crippen molar-refractivity contribution in [3.05, 3.63) is 34.5 Å². The number of benzene rings is 1. The molecule has 2 aromatic rings. The molecule has 0 saturated carbocycles. The van der Waals surface area contributed by atoms with Crippen molar-refractivity contribution in [3.8, 4) is 0 Å². The minimum absolute atomic E-state index is 1.03. The van der Waals surface area contributed by atoms with Crippen LogP contribution in [-0.2, 0) is 0 Å². The van der Waals surface area contributed by atoms with E-state index in [1.54, 1.807) is 23.1 Å². The molecule has 1 N–H and O–H groups in total. The molecule has 120 valence electrons. The molecule has 1 fully saturated rings. The van der Waals surface area contributed by atoms with Crippen LogP contribution < -0.4 is 5.32 Å². The Labute approximate surface area is 145 Å². The summed E-state index contributed by atoms with van der Waals surface area (Å²) in [4.78, 5) is 11.1. The van der Waals surface area contributed by atoms with E-state index in [1.807, 2.05) is 0 Å². The van der Waals surface area contributed by atoms with Gasteiger partial charge in [-0.1, -0.05) is 0 Å². The number of aliphatic imine (C=N–C) groups is 1. The van der Waals surface area contributed by atoms with Crippen LogP contribution in [0.1, 0.15) is 5.56 Å². The lowest BCUT2D eigenvalue weighted by Gasteiger charge is -2.34. The first kappa shape index (κ1) is 15.1. The number of rotatable bonds is 1. The van der Waals surface area contributed by atoms with E-state index in [0.29, 0.717) is 0 Å². The largest absolute Gasteiger partial charge is 0.353 e. The van der Waals surface area contributed by atoms with Crippen molar-refractivity contribution in [1.82, 2.24) is 9.80 Å². The van der Waals surface area contributed by atoms with Crippen LogP contribution in [0.15, 0.2) is 38.8 Å². The summed E-state index contributed by atoms with van der Waals surface area (Å²) in [5.41, 5.74) is 4.52. The zero-order chi connectivity index (χ0) is 15.8. The van der Waals surface area contributed by atoms with Gasteiger partial charge in [-0.25, -0.2) is 4.99 Å². The summed E-state index contributed by atoms with van der Waals surface area (Å²) in [5.74, 6) is 1.11. The van der Waals surface area contributed by atoms with Crippen LogP contribution in [0.2, 0.25) is 0 Å². The van der Waals surface area contributed by atoms with E-state index in [9.17, 15) is 0 Å². The van der Waals surface area contributed by atoms with Gasteiger partial charge in [-0.2, -0.15) is 0 Å². The zero-order valence-electron chi connectivity index (χ0n) is 13.4. The van der Waals surface area contributed by atoms with Gasteiger partial charge in [0.2, 0.25) is 0 Å². The SMILES string of the molecule is CSc1ccc2c(c1)Nc1cscc1C(N1CCN(C)CC1)=N2. The van der Waals surface area contributed by atoms with Gasteiger partial charge in [-0.3, -0.25) is 0 Å². The molecule has 0 radical (unpaired) electrons. The summed E-state index contributed by atoms with van der Waals surface area (Å²) in [7, 11) is 2.18. The second-order valence-electron chi connectivity index (χ2n) is 5.93. The lowest BCUT2D eigenvalue weighted by atomic mass is 10.2. The lowest BCUT2D eigenvalue weighted by Crippen LogP contribution is -2.47. The number of amidine groups is 1. The second kappa shape index (κ2) is 6.19.